The third-order valence-corrected chi connectivity index (χ3v) is 3.66. The molecule has 0 saturated carbocycles. The molecule has 3 rings (SSSR count). The van der Waals surface area contributed by atoms with E-state index in [0.29, 0.717) is 23.9 Å². The Morgan fingerprint density at radius 3 is 2.68 bits per heavy atom. The number of rotatable bonds is 5. The van der Waals surface area contributed by atoms with Crippen LogP contribution < -0.4 is 10.6 Å². The van der Waals surface area contributed by atoms with Gasteiger partial charge in [0.05, 0.1) is 0 Å². The third-order valence-electron chi connectivity index (χ3n) is 3.66. The van der Waals surface area contributed by atoms with Crippen LogP contribution in [0, 0.1) is 13.8 Å². The number of benzene rings is 1. The van der Waals surface area contributed by atoms with Gasteiger partial charge in [0.2, 0.25) is 0 Å². The van der Waals surface area contributed by atoms with Crippen molar-refractivity contribution in [2.75, 3.05) is 10.6 Å². The van der Waals surface area contributed by atoms with Crippen LogP contribution in [0.15, 0.2) is 54.9 Å². The van der Waals surface area contributed by atoms with E-state index in [2.05, 4.69) is 25.6 Å². The summed E-state index contributed by atoms with van der Waals surface area (Å²) in [4.78, 5) is 25.2. The van der Waals surface area contributed by atoms with Crippen LogP contribution in [-0.2, 0) is 6.54 Å². The Bertz CT molecular complexity index is 880. The van der Waals surface area contributed by atoms with Crippen LogP contribution in [0.5, 0.6) is 0 Å². The average Bonchev–Trinajstić information content (AvgIpc) is 2.62. The predicted molar refractivity (Wildman–Crippen MR) is 97.5 cm³/mol. The summed E-state index contributed by atoms with van der Waals surface area (Å²) in [7, 11) is 0. The molecule has 2 heterocycles. The highest BCUT2D eigenvalue weighted by Crippen LogP contribution is 2.15. The van der Waals surface area contributed by atoms with Crippen LogP contribution in [0.1, 0.15) is 27.4 Å². The van der Waals surface area contributed by atoms with Crippen molar-refractivity contribution in [3.05, 3.63) is 77.5 Å². The van der Waals surface area contributed by atoms with Crippen molar-refractivity contribution >= 4 is 17.4 Å². The fraction of sp³-hybridized carbons (Fsp3) is 0.158. The molecule has 1 amide bonds. The summed E-state index contributed by atoms with van der Waals surface area (Å²) < 4.78 is 0. The van der Waals surface area contributed by atoms with E-state index in [9.17, 15) is 4.79 Å². The highest BCUT2D eigenvalue weighted by molar-refractivity contribution is 6.03. The van der Waals surface area contributed by atoms with Crippen molar-refractivity contribution in [1.29, 1.82) is 0 Å². The molecule has 3 aromatic rings. The van der Waals surface area contributed by atoms with Gasteiger partial charge in [0.15, 0.2) is 0 Å². The minimum Gasteiger partial charge on any atom is -0.366 e. The van der Waals surface area contributed by atoms with Crippen molar-refractivity contribution in [2.24, 2.45) is 0 Å². The molecule has 0 atom stereocenters. The normalized spacial score (nSPS) is 10.3. The Morgan fingerprint density at radius 2 is 1.92 bits per heavy atom. The Balaban J connectivity index is 1.74. The maximum absolute atomic E-state index is 12.5. The fourth-order valence-electron chi connectivity index (χ4n) is 2.37. The summed E-state index contributed by atoms with van der Waals surface area (Å²) in [6, 6.07) is 13.1. The second-order valence-corrected chi connectivity index (χ2v) is 5.67. The molecular formula is C19H19N5O. The Hall–Kier alpha value is -3.28. The van der Waals surface area contributed by atoms with Gasteiger partial charge in [-0.3, -0.25) is 9.78 Å². The molecule has 0 saturated heterocycles. The molecule has 0 spiro atoms. The lowest BCUT2D eigenvalue weighted by Crippen LogP contribution is -2.16. The molecule has 126 valence electrons. The zero-order valence-corrected chi connectivity index (χ0v) is 14.2. The molecule has 0 bridgehead atoms. The second-order valence-electron chi connectivity index (χ2n) is 5.67. The largest absolute Gasteiger partial charge is 0.366 e. The number of pyridine rings is 1. The van der Waals surface area contributed by atoms with Crippen molar-refractivity contribution in [1.82, 2.24) is 15.0 Å². The Morgan fingerprint density at radius 1 is 1.08 bits per heavy atom. The summed E-state index contributed by atoms with van der Waals surface area (Å²) in [5.41, 5.74) is 3.12. The van der Waals surface area contributed by atoms with Crippen LogP contribution in [0.4, 0.5) is 11.5 Å². The number of aromatic nitrogens is 3. The molecule has 0 aliphatic heterocycles. The second kappa shape index (κ2) is 7.53. The fourth-order valence-corrected chi connectivity index (χ4v) is 2.37. The van der Waals surface area contributed by atoms with Crippen LogP contribution in [-0.4, -0.2) is 20.9 Å². The Kier molecular flexibility index (Phi) is 4.99. The monoisotopic (exact) mass is 333 g/mol. The first kappa shape index (κ1) is 16.6. The molecule has 25 heavy (non-hydrogen) atoms. The molecule has 0 radical (unpaired) electrons. The quantitative estimate of drug-likeness (QED) is 0.748. The molecule has 6 nitrogen and oxygen atoms in total. The van der Waals surface area contributed by atoms with E-state index < -0.39 is 0 Å². The lowest BCUT2D eigenvalue weighted by Gasteiger charge is -2.10. The molecule has 0 aliphatic rings. The SMILES string of the molecule is Cc1nc(NCc2cccnc2)cc(C(=O)Nc2ccccc2C)n1. The Labute approximate surface area is 146 Å². The smallest absolute Gasteiger partial charge is 0.274 e. The van der Waals surface area contributed by atoms with Gasteiger partial charge in [-0.2, -0.15) is 0 Å². The average molecular weight is 333 g/mol. The number of carbonyl (C=O) groups excluding carboxylic acids is 1. The summed E-state index contributed by atoms with van der Waals surface area (Å²) in [5, 5.41) is 6.09. The topological polar surface area (TPSA) is 79.8 Å². The van der Waals surface area contributed by atoms with Gasteiger partial charge in [-0.15, -0.1) is 0 Å². The van der Waals surface area contributed by atoms with Crippen molar-refractivity contribution in [3.63, 3.8) is 0 Å². The number of hydrogen-bond donors (Lipinski definition) is 2. The van der Waals surface area contributed by atoms with Crippen molar-refractivity contribution in [3.8, 4) is 0 Å². The van der Waals surface area contributed by atoms with Crippen LogP contribution in [0.2, 0.25) is 0 Å². The molecule has 0 unspecified atom stereocenters. The lowest BCUT2D eigenvalue weighted by atomic mass is 10.2. The van der Waals surface area contributed by atoms with Gasteiger partial charge in [-0.1, -0.05) is 24.3 Å². The van der Waals surface area contributed by atoms with E-state index in [0.717, 1.165) is 16.8 Å². The van der Waals surface area contributed by atoms with Crippen LogP contribution >= 0.6 is 0 Å². The third kappa shape index (κ3) is 4.38. The van der Waals surface area contributed by atoms with Gasteiger partial charge in [0, 0.05) is 30.7 Å². The van der Waals surface area contributed by atoms with E-state index >= 15 is 0 Å². The zero-order valence-electron chi connectivity index (χ0n) is 14.2. The molecule has 2 aromatic heterocycles. The van der Waals surface area contributed by atoms with Crippen molar-refractivity contribution < 1.29 is 4.79 Å². The number of anilines is 2. The predicted octanol–water partition coefficient (Wildman–Crippen LogP) is 3.35. The first-order chi connectivity index (χ1) is 12.1. The van der Waals surface area contributed by atoms with Gasteiger partial charge in [0.1, 0.15) is 17.3 Å². The van der Waals surface area contributed by atoms with Gasteiger partial charge in [-0.25, -0.2) is 9.97 Å². The maximum atomic E-state index is 12.5. The summed E-state index contributed by atoms with van der Waals surface area (Å²) in [6.45, 7) is 4.28. The lowest BCUT2D eigenvalue weighted by molar-refractivity contribution is 0.102. The number of nitrogens with one attached hydrogen (secondary N) is 2. The van der Waals surface area contributed by atoms with Gasteiger partial charge in [0.25, 0.3) is 5.91 Å². The summed E-state index contributed by atoms with van der Waals surface area (Å²) in [5.74, 6) is 0.877. The van der Waals surface area contributed by atoms with Gasteiger partial charge >= 0.3 is 0 Å². The molecule has 6 heteroatoms. The molecule has 1 aromatic carbocycles. The molecule has 0 aliphatic carbocycles. The highest BCUT2D eigenvalue weighted by Gasteiger charge is 2.12. The van der Waals surface area contributed by atoms with E-state index in [1.807, 2.05) is 43.3 Å². The van der Waals surface area contributed by atoms with E-state index in [-0.39, 0.29) is 5.91 Å². The first-order valence-corrected chi connectivity index (χ1v) is 7.97. The standard InChI is InChI=1S/C19H19N5O/c1-13-6-3-4-8-16(13)24-19(25)17-10-18(23-14(2)22-17)21-12-15-7-5-9-20-11-15/h3-11H,12H2,1-2H3,(H,24,25)(H,21,22,23). The molecular weight excluding hydrogens is 314 g/mol. The van der Waals surface area contributed by atoms with Crippen molar-refractivity contribution in [2.45, 2.75) is 20.4 Å². The number of amides is 1. The zero-order chi connectivity index (χ0) is 17.6. The minimum atomic E-state index is -0.260. The number of aryl methyl sites for hydroxylation is 2. The number of hydrogen-bond acceptors (Lipinski definition) is 5. The molecule has 2 N–H and O–H groups in total. The highest BCUT2D eigenvalue weighted by atomic mass is 16.1. The van der Waals surface area contributed by atoms with Crippen LogP contribution in [0.3, 0.4) is 0 Å². The number of carbonyl (C=O) groups is 1. The maximum Gasteiger partial charge on any atom is 0.274 e. The molecule has 0 fully saturated rings. The van der Waals surface area contributed by atoms with E-state index in [1.54, 1.807) is 25.4 Å². The van der Waals surface area contributed by atoms with Crippen LogP contribution in [0.25, 0.3) is 0 Å². The van der Waals surface area contributed by atoms with E-state index in [1.165, 1.54) is 0 Å². The van der Waals surface area contributed by atoms with Gasteiger partial charge in [-0.05, 0) is 37.1 Å². The first-order valence-electron chi connectivity index (χ1n) is 7.97. The van der Waals surface area contributed by atoms with E-state index in [4.69, 9.17) is 0 Å². The van der Waals surface area contributed by atoms with Gasteiger partial charge < -0.3 is 10.6 Å². The number of nitrogens with zero attached hydrogens (tertiary/aromatic N) is 3. The minimum absolute atomic E-state index is 0.260. The summed E-state index contributed by atoms with van der Waals surface area (Å²) >= 11 is 0. The number of para-hydroxylation sites is 1. The summed E-state index contributed by atoms with van der Waals surface area (Å²) in [6.07, 6.45) is 3.51.